The largest absolute Gasteiger partial charge is 0.464 e. The number of halogens is 1. The van der Waals surface area contributed by atoms with E-state index in [-0.39, 0.29) is 30.5 Å². The van der Waals surface area contributed by atoms with Crippen LogP contribution >= 0.6 is 0 Å². The van der Waals surface area contributed by atoms with Crippen molar-refractivity contribution in [2.45, 2.75) is 13.1 Å². The molecule has 0 bridgehead atoms. The summed E-state index contributed by atoms with van der Waals surface area (Å²) in [4.78, 5) is 24.3. The van der Waals surface area contributed by atoms with Crippen LogP contribution in [0.4, 0.5) is 4.39 Å². The molecule has 2 heterocycles. The van der Waals surface area contributed by atoms with Crippen molar-refractivity contribution in [1.29, 1.82) is 0 Å². The maximum atomic E-state index is 13.2. The molecule has 1 amide bonds. The van der Waals surface area contributed by atoms with Gasteiger partial charge in [-0.05, 0) is 42.0 Å². The molecule has 6 nitrogen and oxygen atoms in total. The summed E-state index contributed by atoms with van der Waals surface area (Å²) >= 11 is 0. The third-order valence-electron chi connectivity index (χ3n) is 3.83. The fourth-order valence-corrected chi connectivity index (χ4v) is 2.61. The summed E-state index contributed by atoms with van der Waals surface area (Å²) in [5.74, 6) is -0.725. The maximum Gasteiger partial charge on any atom is 0.354 e. The van der Waals surface area contributed by atoms with E-state index in [1.807, 2.05) is 0 Å². The second-order valence-electron chi connectivity index (χ2n) is 5.57. The molecule has 0 unspecified atom stereocenters. The molecule has 0 spiro atoms. The molecule has 3 rings (SSSR count). The molecule has 7 heteroatoms. The quantitative estimate of drug-likeness (QED) is 0.689. The Labute approximate surface area is 149 Å². The normalized spacial score (nSPS) is 10.5. The highest BCUT2D eigenvalue weighted by atomic mass is 19.1. The molecule has 134 valence electrons. The van der Waals surface area contributed by atoms with Crippen molar-refractivity contribution in [3.05, 3.63) is 71.9 Å². The van der Waals surface area contributed by atoms with Gasteiger partial charge in [-0.3, -0.25) is 4.79 Å². The summed E-state index contributed by atoms with van der Waals surface area (Å²) in [6.45, 7) is 0.0737. The van der Waals surface area contributed by atoms with Gasteiger partial charge in [-0.25, -0.2) is 9.18 Å². The van der Waals surface area contributed by atoms with Crippen LogP contribution in [-0.4, -0.2) is 23.6 Å². The van der Waals surface area contributed by atoms with Crippen LogP contribution in [0.2, 0.25) is 0 Å². The average Bonchev–Trinajstić information content (AvgIpc) is 3.29. The summed E-state index contributed by atoms with van der Waals surface area (Å²) in [6, 6.07) is 12.7. The van der Waals surface area contributed by atoms with Gasteiger partial charge in [-0.1, -0.05) is 12.1 Å². The van der Waals surface area contributed by atoms with Gasteiger partial charge in [0.25, 0.3) is 0 Å². The molecule has 0 aliphatic rings. The first-order valence-corrected chi connectivity index (χ1v) is 7.91. The van der Waals surface area contributed by atoms with Crippen molar-refractivity contribution >= 4 is 11.9 Å². The van der Waals surface area contributed by atoms with E-state index >= 15 is 0 Å². The number of methoxy groups -OCH3 is 1. The minimum absolute atomic E-state index is 0.108. The first kappa shape index (κ1) is 17.5. The van der Waals surface area contributed by atoms with Crippen LogP contribution < -0.4 is 5.32 Å². The summed E-state index contributed by atoms with van der Waals surface area (Å²) < 4.78 is 24.9. The number of nitrogens with zero attached hydrogens (tertiary/aromatic N) is 1. The molecular weight excluding hydrogens is 339 g/mol. The molecule has 0 saturated carbocycles. The summed E-state index contributed by atoms with van der Waals surface area (Å²) in [7, 11) is 1.27. The minimum Gasteiger partial charge on any atom is -0.464 e. The van der Waals surface area contributed by atoms with Gasteiger partial charge in [0.1, 0.15) is 23.8 Å². The molecule has 1 aromatic carbocycles. The molecular formula is C19H17FN2O4. The second-order valence-corrected chi connectivity index (χ2v) is 5.57. The summed E-state index contributed by atoms with van der Waals surface area (Å²) in [5.41, 5.74) is 1.46. The number of benzene rings is 1. The Hall–Kier alpha value is -3.35. The van der Waals surface area contributed by atoms with Gasteiger partial charge >= 0.3 is 5.97 Å². The molecule has 0 atom stereocenters. The zero-order valence-electron chi connectivity index (χ0n) is 14.1. The smallest absolute Gasteiger partial charge is 0.354 e. The first-order chi connectivity index (χ1) is 12.6. The standard InChI is InChI=1S/C19H17FN2O4/c1-25-19(24)16-8-7-15(17-6-3-9-26-17)22(16)12-18(23)21-11-13-4-2-5-14(20)10-13/h2-10H,11-12H2,1H3,(H,21,23). The molecule has 1 N–H and O–H groups in total. The van der Waals surface area contributed by atoms with Crippen LogP contribution in [0.3, 0.4) is 0 Å². The number of furan rings is 1. The van der Waals surface area contributed by atoms with Crippen LogP contribution in [0.25, 0.3) is 11.5 Å². The van der Waals surface area contributed by atoms with Gasteiger partial charge in [0.15, 0.2) is 0 Å². The predicted molar refractivity (Wildman–Crippen MR) is 91.7 cm³/mol. The lowest BCUT2D eigenvalue weighted by Crippen LogP contribution is -2.28. The third-order valence-corrected chi connectivity index (χ3v) is 3.83. The highest BCUT2D eigenvalue weighted by Gasteiger charge is 2.19. The van der Waals surface area contributed by atoms with E-state index in [2.05, 4.69) is 5.32 Å². The SMILES string of the molecule is COC(=O)c1ccc(-c2ccco2)n1CC(=O)NCc1cccc(F)c1. The number of esters is 1. The topological polar surface area (TPSA) is 73.5 Å². The monoisotopic (exact) mass is 356 g/mol. The first-order valence-electron chi connectivity index (χ1n) is 7.91. The van der Waals surface area contributed by atoms with Crippen LogP contribution in [0, 0.1) is 5.82 Å². The zero-order valence-corrected chi connectivity index (χ0v) is 14.1. The van der Waals surface area contributed by atoms with Crippen LogP contribution in [0.15, 0.2) is 59.2 Å². The molecule has 26 heavy (non-hydrogen) atoms. The molecule has 0 aliphatic heterocycles. The minimum atomic E-state index is -0.555. The Bertz CT molecular complexity index is 916. The lowest BCUT2D eigenvalue weighted by molar-refractivity contribution is -0.121. The van der Waals surface area contributed by atoms with E-state index < -0.39 is 5.97 Å². The van der Waals surface area contributed by atoms with Gasteiger partial charge in [-0.2, -0.15) is 0 Å². The Morgan fingerprint density at radius 1 is 1.19 bits per heavy atom. The fourth-order valence-electron chi connectivity index (χ4n) is 2.61. The molecule has 0 aliphatic carbocycles. The van der Waals surface area contributed by atoms with Gasteiger partial charge in [0, 0.05) is 6.54 Å². The zero-order chi connectivity index (χ0) is 18.5. The molecule has 3 aromatic rings. The molecule has 0 radical (unpaired) electrons. The van der Waals surface area contributed by atoms with Crippen molar-refractivity contribution in [3.8, 4) is 11.5 Å². The predicted octanol–water partition coefficient (Wildman–Crippen LogP) is 2.99. The van der Waals surface area contributed by atoms with Crippen molar-refractivity contribution < 1.29 is 23.1 Å². The van der Waals surface area contributed by atoms with Crippen LogP contribution in [0.1, 0.15) is 16.1 Å². The van der Waals surface area contributed by atoms with E-state index in [0.717, 1.165) is 0 Å². The Balaban J connectivity index is 1.78. The Morgan fingerprint density at radius 3 is 2.73 bits per heavy atom. The van der Waals surface area contributed by atoms with E-state index in [1.54, 1.807) is 36.4 Å². The lowest BCUT2D eigenvalue weighted by atomic mass is 10.2. The number of nitrogens with one attached hydrogen (secondary N) is 1. The van der Waals surface area contributed by atoms with E-state index in [0.29, 0.717) is 17.0 Å². The number of amides is 1. The number of aromatic nitrogens is 1. The number of ether oxygens (including phenoxy) is 1. The Morgan fingerprint density at radius 2 is 2.04 bits per heavy atom. The third kappa shape index (κ3) is 3.83. The number of carbonyl (C=O) groups excluding carboxylic acids is 2. The van der Waals surface area contributed by atoms with Gasteiger partial charge in [-0.15, -0.1) is 0 Å². The molecule has 0 saturated heterocycles. The van der Waals surface area contributed by atoms with Crippen molar-refractivity contribution in [3.63, 3.8) is 0 Å². The van der Waals surface area contributed by atoms with E-state index in [4.69, 9.17) is 9.15 Å². The van der Waals surface area contributed by atoms with Crippen LogP contribution in [0.5, 0.6) is 0 Å². The lowest BCUT2D eigenvalue weighted by Gasteiger charge is -2.12. The average molecular weight is 356 g/mol. The van der Waals surface area contributed by atoms with Gasteiger partial charge < -0.3 is 19.0 Å². The van der Waals surface area contributed by atoms with Gasteiger partial charge in [0.05, 0.1) is 19.1 Å². The Kier molecular flexibility index (Phi) is 5.17. The molecule has 2 aromatic heterocycles. The highest BCUT2D eigenvalue weighted by molar-refractivity contribution is 5.90. The fraction of sp³-hybridized carbons (Fsp3) is 0.158. The summed E-state index contributed by atoms with van der Waals surface area (Å²) in [5, 5.41) is 2.71. The number of carbonyl (C=O) groups is 2. The number of hydrogen-bond donors (Lipinski definition) is 1. The number of rotatable bonds is 6. The van der Waals surface area contributed by atoms with Gasteiger partial charge in [0.2, 0.25) is 5.91 Å². The highest BCUT2D eigenvalue weighted by Crippen LogP contribution is 2.23. The van der Waals surface area contributed by atoms with Crippen LogP contribution in [-0.2, 0) is 22.6 Å². The van der Waals surface area contributed by atoms with Crippen molar-refractivity contribution in [2.24, 2.45) is 0 Å². The van der Waals surface area contributed by atoms with E-state index in [9.17, 15) is 14.0 Å². The van der Waals surface area contributed by atoms with Crippen molar-refractivity contribution in [2.75, 3.05) is 7.11 Å². The summed E-state index contributed by atoms with van der Waals surface area (Å²) in [6.07, 6.45) is 1.51. The maximum absolute atomic E-state index is 13.2. The van der Waals surface area contributed by atoms with Crippen molar-refractivity contribution in [1.82, 2.24) is 9.88 Å². The second kappa shape index (κ2) is 7.69. The molecule has 0 fully saturated rings. The number of hydrogen-bond acceptors (Lipinski definition) is 4. The van der Waals surface area contributed by atoms with E-state index in [1.165, 1.54) is 30.1 Å².